The number of rotatable bonds is 7. The fourth-order valence-electron chi connectivity index (χ4n) is 4.51. The quantitative estimate of drug-likeness (QED) is 0.525. The second-order valence-electron chi connectivity index (χ2n) is 8.67. The number of ether oxygens (including phenoxy) is 1. The highest BCUT2D eigenvalue weighted by molar-refractivity contribution is 5.85. The smallest absolute Gasteiger partial charge is 0.230 e. The van der Waals surface area contributed by atoms with Crippen LogP contribution in [0.3, 0.4) is 0 Å². The van der Waals surface area contributed by atoms with E-state index in [1.807, 2.05) is 14.1 Å². The minimum atomic E-state index is -0.306. The van der Waals surface area contributed by atoms with E-state index >= 15 is 0 Å². The van der Waals surface area contributed by atoms with Gasteiger partial charge in [-0.2, -0.15) is 0 Å². The van der Waals surface area contributed by atoms with Crippen molar-refractivity contribution in [1.82, 2.24) is 20.4 Å². The van der Waals surface area contributed by atoms with Gasteiger partial charge in [-0.25, -0.2) is 0 Å². The van der Waals surface area contributed by atoms with Gasteiger partial charge in [0.15, 0.2) is 5.96 Å². The molecule has 1 heterocycles. The summed E-state index contributed by atoms with van der Waals surface area (Å²) in [6, 6.07) is 8.69. The van der Waals surface area contributed by atoms with Crippen LogP contribution in [0.4, 0.5) is 0 Å². The predicted octanol–water partition coefficient (Wildman–Crippen LogP) is 1.83. The Morgan fingerprint density at radius 2 is 1.87 bits per heavy atom. The molecule has 1 aliphatic heterocycles. The summed E-state index contributed by atoms with van der Waals surface area (Å²) < 4.78 is 5.44. The summed E-state index contributed by atoms with van der Waals surface area (Å²) in [7, 11) is 5.47. The number of aliphatic imine (C=N–C) groups is 1. The molecule has 0 radical (unpaired) electrons. The fraction of sp³-hybridized carbons (Fsp3) is 0.652. The van der Waals surface area contributed by atoms with E-state index in [4.69, 9.17) is 4.74 Å². The first-order valence-electron chi connectivity index (χ1n) is 11.1. The summed E-state index contributed by atoms with van der Waals surface area (Å²) >= 11 is 0. The Balaban J connectivity index is 1.52. The van der Waals surface area contributed by atoms with Gasteiger partial charge in [-0.3, -0.25) is 14.7 Å². The molecule has 2 fully saturated rings. The van der Waals surface area contributed by atoms with Crippen molar-refractivity contribution in [3.05, 3.63) is 35.4 Å². The Hall–Kier alpha value is -2.12. The third-order valence-corrected chi connectivity index (χ3v) is 6.20. The lowest BCUT2D eigenvalue weighted by Crippen LogP contribution is -2.49. The van der Waals surface area contributed by atoms with E-state index < -0.39 is 0 Å². The van der Waals surface area contributed by atoms with Crippen LogP contribution < -0.4 is 10.6 Å². The Morgan fingerprint density at radius 3 is 2.53 bits per heavy atom. The molecule has 166 valence electrons. The van der Waals surface area contributed by atoms with Crippen LogP contribution >= 0.6 is 0 Å². The van der Waals surface area contributed by atoms with Gasteiger partial charge in [-0.05, 0) is 24.0 Å². The molecule has 0 aromatic heterocycles. The van der Waals surface area contributed by atoms with Gasteiger partial charge < -0.3 is 20.3 Å². The predicted molar refractivity (Wildman–Crippen MR) is 120 cm³/mol. The summed E-state index contributed by atoms with van der Waals surface area (Å²) in [5.41, 5.74) is 2.24. The number of guanidine groups is 1. The highest BCUT2D eigenvalue weighted by Crippen LogP contribution is 2.38. The van der Waals surface area contributed by atoms with Crippen molar-refractivity contribution in [2.75, 3.05) is 54.0 Å². The first kappa shape index (κ1) is 22.6. The monoisotopic (exact) mass is 415 g/mol. The number of nitrogens with one attached hydrogen (secondary N) is 2. The van der Waals surface area contributed by atoms with Gasteiger partial charge in [0, 0.05) is 53.9 Å². The van der Waals surface area contributed by atoms with E-state index in [9.17, 15) is 4.79 Å². The third-order valence-electron chi connectivity index (χ3n) is 6.20. The lowest BCUT2D eigenvalue weighted by atomic mass is 9.84. The molecule has 2 aliphatic rings. The van der Waals surface area contributed by atoms with Crippen LogP contribution in [0, 0.1) is 5.41 Å². The van der Waals surface area contributed by atoms with Crippen LogP contribution in [-0.2, 0) is 22.6 Å². The molecule has 1 saturated carbocycles. The molecular weight excluding hydrogens is 378 g/mol. The lowest BCUT2D eigenvalue weighted by molar-refractivity contribution is -0.138. The van der Waals surface area contributed by atoms with Crippen LogP contribution in [0.5, 0.6) is 0 Å². The molecule has 1 saturated heterocycles. The van der Waals surface area contributed by atoms with Crippen molar-refractivity contribution < 1.29 is 9.53 Å². The SMILES string of the molecule is CN=C(NCc1cccc(CN2CCOCC2)c1)NCC1(C(=O)N(C)C)CCCC1. The van der Waals surface area contributed by atoms with E-state index in [1.165, 1.54) is 11.1 Å². The molecule has 0 spiro atoms. The summed E-state index contributed by atoms with van der Waals surface area (Å²) in [5.74, 6) is 0.963. The van der Waals surface area contributed by atoms with Gasteiger partial charge in [0.05, 0.1) is 18.6 Å². The van der Waals surface area contributed by atoms with Crippen LogP contribution in [0.25, 0.3) is 0 Å². The normalized spacial score (nSPS) is 19.5. The first-order valence-corrected chi connectivity index (χ1v) is 11.1. The van der Waals surface area contributed by atoms with Crippen LogP contribution in [0.15, 0.2) is 29.3 Å². The van der Waals surface area contributed by atoms with Gasteiger partial charge in [-0.1, -0.05) is 37.1 Å². The molecule has 2 N–H and O–H groups in total. The molecular formula is C23H37N5O2. The average molecular weight is 416 g/mol. The number of hydrogen-bond donors (Lipinski definition) is 2. The zero-order valence-electron chi connectivity index (χ0n) is 18.7. The summed E-state index contributed by atoms with van der Waals surface area (Å²) in [5, 5.41) is 6.81. The average Bonchev–Trinajstić information content (AvgIpc) is 3.24. The molecule has 1 aromatic carbocycles. The summed E-state index contributed by atoms with van der Waals surface area (Å²) in [6.45, 7) is 5.91. The first-order chi connectivity index (χ1) is 14.5. The zero-order valence-corrected chi connectivity index (χ0v) is 18.7. The van der Waals surface area contributed by atoms with Crippen molar-refractivity contribution in [3.8, 4) is 0 Å². The fourth-order valence-corrected chi connectivity index (χ4v) is 4.51. The van der Waals surface area contributed by atoms with Gasteiger partial charge in [0.25, 0.3) is 0 Å². The Labute approximate surface area is 180 Å². The molecule has 1 aromatic rings. The molecule has 1 aliphatic carbocycles. The van der Waals surface area contributed by atoms with Crippen molar-refractivity contribution >= 4 is 11.9 Å². The molecule has 1 amide bonds. The minimum absolute atomic E-state index is 0.221. The highest BCUT2D eigenvalue weighted by atomic mass is 16.5. The van der Waals surface area contributed by atoms with Gasteiger partial charge in [0.2, 0.25) is 5.91 Å². The topological polar surface area (TPSA) is 69.2 Å². The van der Waals surface area contributed by atoms with Crippen molar-refractivity contribution in [3.63, 3.8) is 0 Å². The van der Waals surface area contributed by atoms with Crippen LogP contribution in [0.1, 0.15) is 36.8 Å². The number of amides is 1. The maximum Gasteiger partial charge on any atom is 0.230 e. The van der Waals surface area contributed by atoms with Crippen molar-refractivity contribution in [1.29, 1.82) is 0 Å². The van der Waals surface area contributed by atoms with Crippen molar-refractivity contribution in [2.45, 2.75) is 38.8 Å². The largest absolute Gasteiger partial charge is 0.379 e. The molecule has 0 atom stereocenters. The number of morpholine rings is 1. The Bertz CT molecular complexity index is 722. The van der Waals surface area contributed by atoms with Gasteiger partial charge in [-0.15, -0.1) is 0 Å². The molecule has 0 unspecified atom stereocenters. The number of nitrogens with zero attached hydrogens (tertiary/aromatic N) is 3. The van der Waals surface area contributed by atoms with E-state index in [2.05, 4.69) is 44.8 Å². The lowest BCUT2D eigenvalue weighted by Gasteiger charge is -2.31. The number of carbonyl (C=O) groups excluding carboxylic acids is 1. The van der Waals surface area contributed by atoms with E-state index in [1.54, 1.807) is 11.9 Å². The zero-order chi connectivity index (χ0) is 21.4. The Morgan fingerprint density at radius 1 is 1.17 bits per heavy atom. The van der Waals surface area contributed by atoms with Crippen LogP contribution in [0.2, 0.25) is 0 Å². The van der Waals surface area contributed by atoms with E-state index in [-0.39, 0.29) is 11.3 Å². The molecule has 7 heteroatoms. The number of benzene rings is 1. The number of carbonyl (C=O) groups is 1. The second-order valence-corrected chi connectivity index (χ2v) is 8.67. The minimum Gasteiger partial charge on any atom is -0.379 e. The molecule has 7 nitrogen and oxygen atoms in total. The molecule has 3 rings (SSSR count). The third kappa shape index (κ3) is 5.95. The Kier molecular flexibility index (Phi) is 8.10. The molecule has 30 heavy (non-hydrogen) atoms. The van der Waals surface area contributed by atoms with Crippen LogP contribution in [-0.4, -0.2) is 75.7 Å². The molecule has 0 bridgehead atoms. The maximum atomic E-state index is 12.8. The second kappa shape index (κ2) is 10.8. The highest BCUT2D eigenvalue weighted by Gasteiger charge is 2.42. The van der Waals surface area contributed by atoms with Gasteiger partial charge in [0.1, 0.15) is 0 Å². The summed E-state index contributed by atoms with van der Waals surface area (Å²) in [6.07, 6.45) is 4.11. The summed E-state index contributed by atoms with van der Waals surface area (Å²) in [4.78, 5) is 21.3. The van der Waals surface area contributed by atoms with Gasteiger partial charge >= 0.3 is 0 Å². The van der Waals surface area contributed by atoms with Crippen molar-refractivity contribution in [2.24, 2.45) is 10.4 Å². The number of hydrogen-bond acceptors (Lipinski definition) is 4. The van der Waals surface area contributed by atoms with E-state index in [0.717, 1.165) is 64.5 Å². The maximum absolute atomic E-state index is 12.8. The standard InChI is InChI=1S/C23H37N5O2/c1-24-22(26-18-23(9-4-5-10-23)21(29)27(2)3)25-16-19-7-6-8-20(15-19)17-28-11-13-30-14-12-28/h6-8,15H,4-5,9-14,16-18H2,1-3H3,(H2,24,25,26). The van der Waals surface area contributed by atoms with E-state index in [0.29, 0.717) is 13.1 Å².